The van der Waals surface area contributed by atoms with E-state index in [0.29, 0.717) is 11.1 Å². The smallest absolute Gasteiger partial charge is 0.314 e. The van der Waals surface area contributed by atoms with Gasteiger partial charge in [0, 0.05) is 37.8 Å². The second-order valence-corrected chi connectivity index (χ2v) is 10.1. The number of amides is 4. The minimum absolute atomic E-state index is 0.146. The number of carbonyl (C=O) groups is 4. The van der Waals surface area contributed by atoms with Crippen LogP contribution < -0.4 is 16.0 Å². The number of hydrogen-bond acceptors (Lipinski definition) is 8. The zero-order chi connectivity index (χ0) is 25.7. The summed E-state index contributed by atoms with van der Waals surface area (Å²) in [6.07, 6.45) is 3.90. The average molecular weight is 522 g/mol. The molecule has 0 radical (unpaired) electrons. The van der Waals surface area contributed by atoms with E-state index in [4.69, 9.17) is 11.6 Å². The Morgan fingerprint density at radius 3 is 2.54 bits per heavy atom. The number of thiazole rings is 1. The second kappa shape index (κ2) is 11.6. The molecular formula is C22H28ClN7O4S. The van der Waals surface area contributed by atoms with Gasteiger partial charge in [0.1, 0.15) is 11.9 Å². The Balaban J connectivity index is 1.62. The molecule has 0 fully saturated rings. The van der Waals surface area contributed by atoms with Crippen LogP contribution in [-0.4, -0.2) is 90.2 Å². The van der Waals surface area contributed by atoms with Gasteiger partial charge in [-0.3, -0.25) is 19.2 Å². The summed E-state index contributed by atoms with van der Waals surface area (Å²) in [5.41, 5.74) is 0.912. The third-order valence-corrected chi connectivity index (χ3v) is 6.87. The number of fused-ring (bicyclic) bond motifs is 1. The van der Waals surface area contributed by atoms with Crippen LogP contribution in [0.25, 0.3) is 0 Å². The van der Waals surface area contributed by atoms with Crippen molar-refractivity contribution in [3.63, 3.8) is 0 Å². The van der Waals surface area contributed by atoms with E-state index in [9.17, 15) is 19.2 Å². The predicted octanol–water partition coefficient (Wildman–Crippen LogP) is 0.552. The molecule has 188 valence electrons. The fourth-order valence-electron chi connectivity index (χ4n) is 3.53. The van der Waals surface area contributed by atoms with Gasteiger partial charge in [0.05, 0.1) is 10.7 Å². The maximum Gasteiger partial charge on any atom is 0.314 e. The maximum absolute atomic E-state index is 12.9. The molecule has 2 aromatic heterocycles. The highest BCUT2D eigenvalue weighted by molar-refractivity contribution is 7.13. The average Bonchev–Trinajstić information content (AvgIpc) is 3.25. The lowest BCUT2D eigenvalue weighted by atomic mass is 9.97. The first-order valence-corrected chi connectivity index (χ1v) is 12.1. The molecule has 0 saturated heterocycles. The van der Waals surface area contributed by atoms with E-state index in [2.05, 4.69) is 30.8 Å². The SMILES string of the molecule is CN(C)C(=O)C(CNC(=O)C(=O)Nc1ccc(Cl)cn1)NC(=O)c1nc2c(s1)CC(N(C)C)CC2. The monoisotopic (exact) mass is 521 g/mol. The van der Waals surface area contributed by atoms with Gasteiger partial charge in [-0.15, -0.1) is 11.3 Å². The van der Waals surface area contributed by atoms with Gasteiger partial charge in [0.25, 0.3) is 5.91 Å². The first kappa shape index (κ1) is 26.5. The van der Waals surface area contributed by atoms with Gasteiger partial charge in [0.15, 0.2) is 5.01 Å². The summed E-state index contributed by atoms with van der Waals surface area (Å²) in [7, 11) is 7.13. The van der Waals surface area contributed by atoms with E-state index in [-0.39, 0.29) is 17.4 Å². The van der Waals surface area contributed by atoms with Gasteiger partial charge in [0.2, 0.25) is 5.91 Å². The van der Waals surface area contributed by atoms with Crippen molar-refractivity contribution in [2.24, 2.45) is 0 Å². The van der Waals surface area contributed by atoms with Gasteiger partial charge in [-0.05, 0) is 45.5 Å². The predicted molar refractivity (Wildman–Crippen MR) is 132 cm³/mol. The summed E-state index contributed by atoms with van der Waals surface area (Å²) in [5.74, 6) is -2.74. The van der Waals surface area contributed by atoms with Crippen LogP contribution >= 0.6 is 22.9 Å². The molecular weight excluding hydrogens is 494 g/mol. The van der Waals surface area contributed by atoms with Crippen molar-refractivity contribution in [1.29, 1.82) is 0 Å². The zero-order valence-electron chi connectivity index (χ0n) is 19.9. The number of pyridine rings is 1. The van der Waals surface area contributed by atoms with Crippen LogP contribution in [0.2, 0.25) is 5.02 Å². The summed E-state index contributed by atoms with van der Waals surface area (Å²) in [5, 5.41) is 8.01. The van der Waals surface area contributed by atoms with Crippen molar-refractivity contribution >= 4 is 52.4 Å². The third kappa shape index (κ3) is 6.96. The highest BCUT2D eigenvalue weighted by Crippen LogP contribution is 2.28. The van der Waals surface area contributed by atoms with Crippen molar-refractivity contribution in [1.82, 2.24) is 30.4 Å². The molecule has 2 unspecified atom stereocenters. The molecule has 0 aliphatic heterocycles. The molecule has 0 aromatic carbocycles. The van der Waals surface area contributed by atoms with Crippen LogP contribution in [-0.2, 0) is 27.2 Å². The number of halogens is 1. The Morgan fingerprint density at radius 1 is 1.17 bits per heavy atom. The largest absolute Gasteiger partial charge is 0.347 e. The molecule has 0 spiro atoms. The molecule has 2 atom stereocenters. The fraction of sp³-hybridized carbons (Fsp3) is 0.455. The molecule has 1 aliphatic carbocycles. The number of anilines is 1. The summed E-state index contributed by atoms with van der Waals surface area (Å²) in [4.78, 5) is 62.8. The number of nitrogens with zero attached hydrogens (tertiary/aromatic N) is 4. The number of likely N-dealkylation sites (N-methyl/N-ethyl adjacent to an activating group) is 2. The van der Waals surface area contributed by atoms with Crippen molar-refractivity contribution in [3.05, 3.63) is 38.9 Å². The van der Waals surface area contributed by atoms with Crippen LogP contribution in [0.15, 0.2) is 18.3 Å². The summed E-state index contributed by atoms with van der Waals surface area (Å²) in [6, 6.07) is 2.27. The van der Waals surface area contributed by atoms with Crippen LogP contribution in [0.3, 0.4) is 0 Å². The summed E-state index contributed by atoms with van der Waals surface area (Å²) < 4.78 is 0. The molecule has 1 aliphatic rings. The quantitative estimate of drug-likeness (QED) is 0.452. The van der Waals surface area contributed by atoms with Crippen molar-refractivity contribution < 1.29 is 19.2 Å². The van der Waals surface area contributed by atoms with Crippen LogP contribution in [0.4, 0.5) is 5.82 Å². The highest BCUT2D eigenvalue weighted by Gasteiger charge is 2.29. The van der Waals surface area contributed by atoms with Gasteiger partial charge in [-0.25, -0.2) is 9.97 Å². The Morgan fingerprint density at radius 2 is 1.91 bits per heavy atom. The van der Waals surface area contributed by atoms with Crippen LogP contribution in [0.5, 0.6) is 0 Å². The van der Waals surface area contributed by atoms with Crippen molar-refractivity contribution in [2.45, 2.75) is 31.3 Å². The minimum atomic E-state index is -1.08. The standard InChI is InChI=1S/C22H28ClN7O4S/c1-29(2)13-6-7-14-16(9-13)35-21(27-14)20(33)26-15(22(34)30(3)4)11-25-18(31)19(32)28-17-8-5-12(23)10-24-17/h5,8,10,13,15H,6-7,9,11H2,1-4H3,(H,25,31)(H,26,33)(H,24,28,32). The first-order chi connectivity index (χ1) is 16.5. The number of aromatic nitrogens is 2. The first-order valence-electron chi connectivity index (χ1n) is 10.9. The lowest BCUT2D eigenvalue weighted by Gasteiger charge is -2.27. The number of nitrogens with one attached hydrogen (secondary N) is 3. The van der Waals surface area contributed by atoms with Gasteiger partial charge < -0.3 is 25.8 Å². The molecule has 0 bridgehead atoms. The van der Waals surface area contributed by atoms with Crippen molar-refractivity contribution in [3.8, 4) is 0 Å². The Bertz CT molecular complexity index is 1100. The molecule has 11 nitrogen and oxygen atoms in total. The molecule has 4 amide bonds. The van der Waals surface area contributed by atoms with E-state index in [1.54, 1.807) is 0 Å². The minimum Gasteiger partial charge on any atom is -0.347 e. The number of aryl methyl sites for hydroxylation is 1. The van der Waals surface area contributed by atoms with Gasteiger partial charge >= 0.3 is 11.8 Å². The molecule has 0 saturated carbocycles. The topological polar surface area (TPSA) is 137 Å². The maximum atomic E-state index is 12.9. The lowest BCUT2D eigenvalue weighted by Crippen LogP contribution is -2.53. The summed E-state index contributed by atoms with van der Waals surface area (Å²) >= 11 is 7.07. The van der Waals surface area contributed by atoms with E-state index in [0.717, 1.165) is 29.8 Å². The van der Waals surface area contributed by atoms with Crippen LogP contribution in [0.1, 0.15) is 26.8 Å². The second-order valence-electron chi connectivity index (χ2n) is 8.53. The van der Waals surface area contributed by atoms with E-state index >= 15 is 0 Å². The van der Waals surface area contributed by atoms with E-state index in [1.807, 2.05) is 14.1 Å². The molecule has 35 heavy (non-hydrogen) atoms. The lowest BCUT2D eigenvalue weighted by molar-refractivity contribution is -0.136. The van der Waals surface area contributed by atoms with E-state index in [1.165, 1.54) is 48.7 Å². The third-order valence-electron chi connectivity index (χ3n) is 5.52. The zero-order valence-corrected chi connectivity index (χ0v) is 21.5. The summed E-state index contributed by atoms with van der Waals surface area (Å²) in [6.45, 7) is -0.281. The molecule has 3 rings (SSSR count). The molecule has 13 heteroatoms. The van der Waals surface area contributed by atoms with Crippen LogP contribution in [0, 0.1) is 0 Å². The normalized spacial score (nSPS) is 15.7. The van der Waals surface area contributed by atoms with Gasteiger partial charge in [-0.2, -0.15) is 0 Å². The Kier molecular flexibility index (Phi) is 8.76. The number of carbonyl (C=O) groups excluding carboxylic acids is 4. The molecule has 3 N–H and O–H groups in total. The Hall–Kier alpha value is -3.09. The molecule has 2 heterocycles. The number of hydrogen-bond donors (Lipinski definition) is 3. The van der Waals surface area contributed by atoms with E-state index < -0.39 is 29.7 Å². The molecule has 2 aromatic rings. The highest BCUT2D eigenvalue weighted by atomic mass is 35.5. The Labute approximate surface area is 212 Å². The van der Waals surface area contributed by atoms with Crippen molar-refractivity contribution in [2.75, 3.05) is 40.1 Å². The number of rotatable bonds is 7. The van der Waals surface area contributed by atoms with Gasteiger partial charge in [-0.1, -0.05) is 11.6 Å². The fourth-order valence-corrected chi connectivity index (χ4v) is 4.72.